The summed E-state index contributed by atoms with van der Waals surface area (Å²) in [4.78, 5) is 2.19. The van der Waals surface area contributed by atoms with Crippen LogP contribution >= 0.6 is 0 Å². The Kier molecular flexibility index (Phi) is 1.75. The average Bonchev–Trinajstić information content (AvgIpc) is 2.47. The van der Waals surface area contributed by atoms with E-state index in [1.807, 2.05) is 12.1 Å². The van der Waals surface area contributed by atoms with Crippen LogP contribution in [0.2, 0.25) is 0 Å². The highest BCUT2D eigenvalue weighted by molar-refractivity contribution is 5.92. The quantitative estimate of drug-likeness (QED) is 0.661. The van der Waals surface area contributed by atoms with Gasteiger partial charge in [-0.1, -0.05) is 48.5 Å². The van der Waals surface area contributed by atoms with Crippen LogP contribution in [0.1, 0.15) is 18.1 Å². The second-order valence-electron chi connectivity index (χ2n) is 4.60. The van der Waals surface area contributed by atoms with Gasteiger partial charge in [0.15, 0.2) is 0 Å². The zero-order valence-electron chi connectivity index (χ0n) is 10.9. The van der Waals surface area contributed by atoms with Gasteiger partial charge in [-0.3, -0.25) is 0 Å². The lowest BCUT2D eigenvalue weighted by Crippen LogP contribution is -2.22. The van der Waals surface area contributed by atoms with Crippen LogP contribution in [-0.2, 0) is 6.42 Å². The second-order valence-corrected chi connectivity index (χ2v) is 4.60. The first kappa shape index (κ1) is 8.76. The molecule has 2 heterocycles. The van der Waals surface area contributed by atoms with E-state index >= 15 is 0 Å². The van der Waals surface area contributed by atoms with Crippen molar-refractivity contribution in [1.82, 2.24) is 0 Å². The van der Waals surface area contributed by atoms with Gasteiger partial charge in [-0.15, -0.1) is 0 Å². The van der Waals surface area contributed by atoms with Crippen LogP contribution < -0.4 is 4.90 Å². The van der Waals surface area contributed by atoms with Crippen molar-refractivity contribution in [3.8, 4) is 0 Å². The lowest BCUT2D eigenvalue weighted by Gasteiger charge is -2.33. The molecule has 86 valence electrons. The highest BCUT2D eigenvalue weighted by atomic mass is 15.1. The predicted octanol–water partition coefficient (Wildman–Crippen LogP) is 4.07. The molecule has 0 atom stereocenters. The lowest BCUT2D eigenvalue weighted by molar-refractivity contribution is 1.14. The molecule has 18 heavy (non-hydrogen) atoms. The number of benzene rings is 2. The van der Waals surface area contributed by atoms with Crippen LogP contribution in [0, 0.1) is 0 Å². The van der Waals surface area contributed by atoms with E-state index in [2.05, 4.69) is 53.6 Å². The Hall–Kier alpha value is -2.28. The van der Waals surface area contributed by atoms with Crippen LogP contribution in [-0.4, -0.2) is 0 Å². The molecule has 0 radical (unpaired) electrons. The van der Waals surface area contributed by atoms with Crippen LogP contribution in [0.15, 0.2) is 60.8 Å². The van der Waals surface area contributed by atoms with Gasteiger partial charge in [-0.25, -0.2) is 0 Å². The number of anilines is 1. The maximum absolute atomic E-state index is 8.02. The fraction of sp³-hybridized carbons (Fsp3) is 0.0588. The minimum absolute atomic E-state index is 0.625. The molecule has 2 aromatic carbocycles. The van der Waals surface area contributed by atoms with Crippen LogP contribution in [0.4, 0.5) is 5.69 Å². The summed E-state index contributed by atoms with van der Waals surface area (Å²) in [7, 11) is 0. The largest absolute Gasteiger partial charge is 0.317 e. The number of rotatable bonds is 0. The molecule has 0 N–H and O–H groups in total. The third-order valence-corrected chi connectivity index (χ3v) is 3.58. The van der Waals surface area contributed by atoms with E-state index < -0.39 is 0 Å². The summed E-state index contributed by atoms with van der Waals surface area (Å²) in [6, 6.07) is 15.0. The molecule has 2 aliphatic rings. The molecule has 0 aromatic heterocycles. The maximum atomic E-state index is 8.02. The van der Waals surface area contributed by atoms with Crippen molar-refractivity contribution >= 4 is 17.5 Å². The van der Waals surface area contributed by atoms with Crippen molar-refractivity contribution in [2.75, 3.05) is 4.90 Å². The summed E-state index contributed by atoms with van der Waals surface area (Å²) in [5.41, 5.74) is 6.00. The number of nitrogens with zero attached hydrogens (tertiary/aromatic N) is 1. The molecule has 0 saturated carbocycles. The second kappa shape index (κ2) is 3.61. The predicted molar refractivity (Wildman–Crippen MR) is 76.1 cm³/mol. The summed E-state index contributed by atoms with van der Waals surface area (Å²) in [5, 5.41) is 0. The Labute approximate surface area is 108 Å². The van der Waals surface area contributed by atoms with Crippen molar-refractivity contribution in [1.29, 1.82) is 0 Å². The standard InChI is InChI=1S/C17H13N/c1-3-7-15-13(5-1)11-12-18-16-8-4-2-6-14(16)9-10-17(15)18/h1-8,10-12H,9H2/i6D. The molecule has 2 aromatic rings. The first-order valence-corrected chi connectivity index (χ1v) is 6.20. The zero-order valence-corrected chi connectivity index (χ0v) is 9.93. The molecule has 0 spiro atoms. The Morgan fingerprint density at radius 1 is 1.06 bits per heavy atom. The number of fused-ring (bicyclic) bond motifs is 5. The van der Waals surface area contributed by atoms with Crippen molar-refractivity contribution in [2.24, 2.45) is 0 Å². The van der Waals surface area contributed by atoms with Crippen LogP contribution in [0.3, 0.4) is 0 Å². The van der Waals surface area contributed by atoms with Crippen molar-refractivity contribution in [3.63, 3.8) is 0 Å². The Morgan fingerprint density at radius 2 is 1.94 bits per heavy atom. The summed E-state index contributed by atoms with van der Waals surface area (Å²) in [5.74, 6) is 0. The monoisotopic (exact) mass is 232 g/mol. The summed E-state index contributed by atoms with van der Waals surface area (Å²) in [6.07, 6.45) is 7.30. The summed E-state index contributed by atoms with van der Waals surface area (Å²) >= 11 is 0. The molecule has 0 amide bonds. The third-order valence-electron chi connectivity index (χ3n) is 3.58. The van der Waals surface area contributed by atoms with Gasteiger partial charge < -0.3 is 4.90 Å². The van der Waals surface area contributed by atoms with E-state index in [1.54, 1.807) is 0 Å². The van der Waals surface area contributed by atoms with E-state index in [0.29, 0.717) is 6.04 Å². The minimum Gasteiger partial charge on any atom is -0.317 e. The molecular formula is C17H13N. The smallest absolute Gasteiger partial charge is 0.0626 e. The number of hydrogen-bond donors (Lipinski definition) is 0. The average molecular weight is 232 g/mol. The molecule has 1 heteroatoms. The summed E-state index contributed by atoms with van der Waals surface area (Å²) in [6.45, 7) is 0. The molecule has 2 aliphatic heterocycles. The fourth-order valence-electron chi connectivity index (χ4n) is 2.71. The van der Waals surface area contributed by atoms with Crippen molar-refractivity contribution in [3.05, 3.63) is 77.5 Å². The first-order valence-electron chi connectivity index (χ1n) is 6.70. The molecule has 1 nitrogen and oxygen atoms in total. The van der Waals surface area contributed by atoms with Gasteiger partial charge in [0, 0.05) is 23.1 Å². The van der Waals surface area contributed by atoms with Crippen molar-refractivity contribution < 1.29 is 1.37 Å². The highest BCUT2D eigenvalue weighted by Gasteiger charge is 2.22. The number of hydrogen-bond acceptors (Lipinski definition) is 1. The van der Waals surface area contributed by atoms with E-state index in [-0.39, 0.29) is 0 Å². The number of allylic oxidation sites excluding steroid dienone is 1. The summed E-state index contributed by atoms with van der Waals surface area (Å²) < 4.78 is 8.02. The molecule has 0 saturated heterocycles. The normalized spacial score (nSPS) is 16.3. The van der Waals surface area contributed by atoms with E-state index in [0.717, 1.165) is 17.7 Å². The van der Waals surface area contributed by atoms with Crippen LogP contribution in [0.25, 0.3) is 11.8 Å². The van der Waals surface area contributed by atoms with Gasteiger partial charge in [0.05, 0.1) is 1.37 Å². The molecule has 0 fully saturated rings. The van der Waals surface area contributed by atoms with Crippen LogP contribution in [0.5, 0.6) is 0 Å². The SMILES string of the molecule is [2H]c1cccc2c1CC=C1c3ccccc3C=CN12. The van der Waals surface area contributed by atoms with Gasteiger partial charge in [-0.05, 0) is 29.7 Å². The maximum Gasteiger partial charge on any atom is 0.0626 e. The van der Waals surface area contributed by atoms with Gasteiger partial charge in [0.2, 0.25) is 0 Å². The van der Waals surface area contributed by atoms with Crippen molar-refractivity contribution in [2.45, 2.75) is 6.42 Å². The van der Waals surface area contributed by atoms with Gasteiger partial charge in [0.25, 0.3) is 0 Å². The molecule has 0 unspecified atom stereocenters. The first-order chi connectivity index (χ1) is 9.34. The van der Waals surface area contributed by atoms with E-state index in [9.17, 15) is 0 Å². The topological polar surface area (TPSA) is 3.24 Å². The molecule has 0 bridgehead atoms. The van der Waals surface area contributed by atoms with Gasteiger partial charge in [-0.2, -0.15) is 0 Å². The van der Waals surface area contributed by atoms with E-state index in [4.69, 9.17) is 1.37 Å². The Balaban J connectivity index is 1.93. The molecular weight excluding hydrogens is 218 g/mol. The highest BCUT2D eigenvalue weighted by Crippen LogP contribution is 2.38. The zero-order chi connectivity index (χ0) is 12.8. The molecule has 4 rings (SSSR count). The number of para-hydroxylation sites is 1. The Morgan fingerprint density at radius 3 is 2.94 bits per heavy atom. The Bertz CT molecular complexity index is 728. The lowest BCUT2D eigenvalue weighted by atomic mass is 9.94. The fourth-order valence-corrected chi connectivity index (χ4v) is 2.71. The minimum atomic E-state index is 0.625. The molecule has 0 aliphatic carbocycles. The van der Waals surface area contributed by atoms with Gasteiger partial charge in [0.1, 0.15) is 0 Å². The van der Waals surface area contributed by atoms with E-state index in [1.165, 1.54) is 16.8 Å². The third kappa shape index (κ3) is 1.28. The van der Waals surface area contributed by atoms with Gasteiger partial charge >= 0.3 is 0 Å².